The molecule has 0 bridgehead atoms. The van der Waals surface area contributed by atoms with E-state index in [-0.39, 0.29) is 0 Å². The van der Waals surface area contributed by atoms with Crippen molar-refractivity contribution in [2.24, 2.45) is 0 Å². The van der Waals surface area contributed by atoms with Crippen LogP contribution in [0, 0.1) is 0 Å². The number of halogens is 1. The van der Waals surface area contributed by atoms with Crippen molar-refractivity contribution in [2.45, 2.75) is 57.7 Å². The molecule has 0 radical (unpaired) electrons. The van der Waals surface area contributed by atoms with Gasteiger partial charge in [-0.2, -0.15) is 0 Å². The molecule has 0 nitrogen and oxygen atoms in total. The lowest BCUT2D eigenvalue weighted by molar-refractivity contribution is 0.724. The van der Waals surface area contributed by atoms with Gasteiger partial charge in [0.2, 0.25) is 0 Å². The van der Waals surface area contributed by atoms with Crippen molar-refractivity contribution >= 4 is 35.4 Å². The van der Waals surface area contributed by atoms with Gasteiger partial charge in [-0.1, -0.05) is 52.6 Å². The summed E-state index contributed by atoms with van der Waals surface area (Å²) in [7, 11) is -0.873. The summed E-state index contributed by atoms with van der Waals surface area (Å²) in [4.78, 5) is 0. The van der Waals surface area contributed by atoms with Gasteiger partial charge in [-0.25, -0.2) is 0 Å². The molecule has 3 heteroatoms. The normalized spacial score (nSPS) is 15.0. The van der Waals surface area contributed by atoms with Gasteiger partial charge < -0.3 is 0 Å². The Hall–Kier alpha value is 1.16. The zero-order valence-electron chi connectivity index (χ0n) is 9.59. The molecule has 0 aliphatic rings. The van der Waals surface area contributed by atoms with E-state index in [0.717, 1.165) is 0 Å². The molecule has 0 N–H and O–H groups in total. The second-order valence-electron chi connectivity index (χ2n) is 6.09. The molecular formula is C9H23ISi2. The van der Waals surface area contributed by atoms with Crippen LogP contribution in [0.4, 0.5) is 0 Å². The minimum absolute atomic E-state index is 0.609. The van der Waals surface area contributed by atoms with Crippen LogP contribution in [0.15, 0.2) is 0 Å². The predicted octanol–water partition coefficient (Wildman–Crippen LogP) is 4.74. The second kappa shape index (κ2) is 3.73. The topological polar surface area (TPSA) is 0 Å². The van der Waals surface area contributed by atoms with Crippen LogP contribution in [0.25, 0.3) is 0 Å². The molecule has 0 saturated carbocycles. The van der Waals surface area contributed by atoms with Gasteiger partial charge in [-0.15, -0.1) is 21.8 Å². The van der Waals surface area contributed by atoms with Crippen molar-refractivity contribution < 1.29 is 0 Å². The maximum atomic E-state index is 2.72. The Morgan fingerprint density at radius 2 is 1.33 bits per heavy atom. The van der Waals surface area contributed by atoms with Crippen molar-refractivity contribution in [2.75, 3.05) is 0 Å². The Morgan fingerprint density at radius 3 is 1.42 bits per heavy atom. The summed E-state index contributed by atoms with van der Waals surface area (Å²) >= 11 is 2.72. The average Bonchev–Trinajstić information content (AvgIpc) is 1.52. The molecule has 0 aromatic heterocycles. The van der Waals surface area contributed by atoms with E-state index in [2.05, 4.69) is 68.4 Å². The standard InChI is InChI=1S/C9H23ISi2/c1-9(2,12(6,7)10)8-11(3,4)5/h8H2,1-7H3. The molecule has 0 spiro atoms. The summed E-state index contributed by atoms with van der Waals surface area (Å²) in [6.45, 7) is 17.3. The molecule has 0 heterocycles. The summed E-state index contributed by atoms with van der Waals surface area (Å²) in [6, 6.07) is 1.47. The van der Waals surface area contributed by atoms with E-state index in [1.54, 1.807) is 0 Å². The molecule has 0 aromatic carbocycles. The van der Waals surface area contributed by atoms with Gasteiger partial charge in [0.25, 0.3) is 0 Å². The van der Waals surface area contributed by atoms with Crippen LogP contribution < -0.4 is 0 Å². The monoisotopic (exact) mass is 314 g/mol. The summed E-state index contributed by atoms with van der Waals surface area (Å²) < 4.78 is 0. The highest BCUT2D eigenvalue weighted by atomic mass is 127. The van der Waals surface area contributed by atoms with Crippen LogP contribution in [0.1, 0.15) is 13.8 Å². The van der Waals surface area contributed by atoms with Gasteiger partial charge in [-0.3, -0.25) is 0 Å². The Morgan fingerprint density at radius 1 is 1.00 bits per heavy atom. The second-order valence-corrected chi connectivity index (χ2v) is 24.0. The van der Waals surface area contributed by atoms with Crippen molar-refractivity contribution in [3.8, 4) is 0 Å². The van der Waals surface area contributed by atoms with Gasteiger partial charge in [0.05, 0.1) is 0 Å². The van der Waals surface area contributed by atoms with E-state index in [9.17, 15) is 0 Å². The van der Waals surface area contributed by atoms with Gasteiger partial charge in [0, 0.05) is 8.07 Å². The first kappa shape index (κ1) is 13.2. The SMILES string of the molecule is CC(C)(C[Si](C)(C)C)[Si](C)(C)I. The highest BCUT2D eigenvalue weighted by Crippen LogP contribution is 2.47. The lowest BCUT2D eigenvalue weighted by atomic mass is 10.2. The van der Waals surface area contributed by atoms with E-state index in [4.69, 9.17) is 0 Å². The van der Waals surface area contributed by atoms with Crippen LogP contribution >= 0.6 is 21.8 Å². The summed E-state index contributed by atoms with van der Waals surface area (Å²) in [5.41, 5.74) is -0.990. The fourth-order valence-electron chi connectivity index (χ4n) is 1.54. The molecular weight excluding hydrogens is 291 g/mol. The van der Waals surface area contributed by atoms with E-state index in [0.29, 0.717) is 5.04 Å². The minimum Gasteiger partial charge on any atom is -0.119 e. The Balaban J connectivity index is 4.44. The van der Waals surface area contributed by atoms with Gasteiger partial charge >= 0.3 is 0 Å². The first-order valence-electron chi connectivity index (χ1n) is 4.65. The number of rotatable bonds is 3. The summed E-state index contributed by atoms with van der Waals surface area (Å²) in [5, 5.41) is 0.609. The molecule has 0 fully saturated rings. The lowest BCUT2D eigenvalue weighted by Gasteiger charge is -2.39. The van der Waals surface area contributed by atoms with Crippen LogP contribution in [0.3, 0.4) is 0 Å². The summed E-state index contributed by atoms with van der Waals surface area (Å²) in [6.07, 6.45) is 0. The largest absolute Gasteiger partial charge is 0.124 e. The maximum Gasteiger partial charge on any atom is 0.124 e. The van der Waals surface area contributed by atoms with E-state index in [1.165, 1.54) is 6.04 Å². The van der Waals surface area contributed by atoms with E-state index in [1.807, 2.05) is 0 Å². The zero-order chi connectivity index (χ0) is 10.2. The molecule has 0 saturated heterocycles. The third-order valence-electron chi connectivity index (χ3n) is 2.58. The average molecular weight is 314 g/mol. The summed E-state index contributed by atoms with van der Waals surface area (Å²) in [5.74, 6) is 0. The van der Waals surface area contributed by atoms with Gasteiger partial charge in [-0.05, 0) is 5.04 Å². The van der Waals surface area contributed by atoms with Crippen LogP contribution in [0.2, 0.25) is 43.8 Å². The molecule has 0 aliphatic heterocycles. The quantitative estimate of drug-likeness (QED) is 0.401. The molecule has 0 amide bonds. The highest BCUT2D eigenvalue weighted by molar-refractivity contribution is 14.1. The highest BCUT2D eigenvalue weighted by Gasteiger charge is 2.39. The molecule has 0 rings (SSSR count). The van der Waals surface area contributed by atoms with Crippen LogP contribution in [-0.2, 0) is 0 Å². The number of hydrogen-bond acceptors (Lipinski definition) is 0. The van der Waals surface area contributed by atoms with Gasteiger partial charge in [0.1, 0.15) is 5.57 Å². The molecule has 0 aliphatic carbocycles. The lowest BCUT2D eigenvalue weighted by Crippen LogP contribution is -2.38. The smallest absolute Gasteiger partial charge is 0.119 e. The fourth-order valence-corrected chi connectivity index (χ4v) is 9.18. The minimum atomic E-state index is -0.990. The van der Waals surface area contributed by atoms with Crippen LogP contribution in [-0.4, -0.2) is 13.6 Å². The third kappa shape index (κ3) is 4.41. The predicted molar refractivity (Wildman–Crippen MR) is 73.7 cm³/mol. The zero-order valence-corrected chi connectivity index (χ0v) is 13.7. The van der Waals surface area contributed by atoms with Crippen molar-refractivity contribution in [3.63, 3.8) is 0 Å². The maximum absolute atomic E-state index is 2.72. The Labute approximate surface area is 92.8 Å². The van der Waals surface area contributed by atoms with E-state index < -0.39 is 13.6 Å². The van der Waals surface area contributed by atoms with Crippen LogP contribution in [0.5, 0.6) is 0 Å². The number of hydrogen-bond donors (Lipinski definition) is 0. The molecule has 0 unspecified atom stereocenters. The first-order valence-corrected chi connectivity index (χ1v) is 14.5. The molecule has 74 valence electrons. The van der Waals surface area contributed by atoms with Crippen molar-refractivity contribution in [1.82, 2.24) is 0 Å². The first-order chi connectivity index (χ1) is 4.96. The Kier molecular flexibility index (Phi) is 4.09. The van der Waals surface area contributed by atoms with Gasteiger partial charge in [0.15, 0.2) is 0 Å². The third-order valence-corrected chi connectivity index (χ3v) is 12.7. The Bertz CT molecular complexity index is 151. The molecule has 12 heavy (non-hydrogen) atoms. The molecule has 0 aromatic rings. The van der Waals surface area contributed by atoms with E-state index >= 15 is 0 Å². The van der Waals surface area contributed by atoms with Crippen molar-refractivity contribution in [1.29, 1.82) is 0 Å². The fraction of sp³-hybridized carbons (Fsp3) is 1.00. The van der Waals surface area contributed by atoms with Crippen molar-refractivity contribution in [3.05, 3.63) is 0 Å². The molecule has 0 atom stereocenters.